The fourth-order valence-electron chi connectivity index (χ4n) is 4.44. The highest BCUT2D eigenvalue weighted by Gasteiger charge is 2.28. The number of sulfonamides is 1. The molecule has 2 rings (SSSR count). The number of nitrogens with zero attached hydrogens (tertiary/aromatic N) is 3. The number of carbonyl (C=O) groups is 3. The second kappa shape index (κ2) is 16.5. The monoisotopic (exact) mass is 633 g/mol. The van der Waals surface area contributed by atoms with E-state index >= 15 is 0 Å². The number of benzene rings is 2. The Morgan fingerprint density at radius 3 is 2.00 bits per heavy atom. The lowest BCUT2D eigenvalue weighted by molar-refractivity contribution is -0.129. The third-order valence-electron chi connectivity index (χ3n) is 6.93. The van der Waals surface area contributed by atoms with E-state index in [1.165, 1.54) is 49.4 Å². The number of carbonyl (C=O) groups excluding carboxylic acids is 3. The van der Waals surface area contributed by atoms with Crippen molar-refractivity contribution in [1.29, 1.82) is 0 Å². The molecule has 0 saturated carbocycles. The molecule has 4 N–H and O–H groups in total. The van der Waals surface area contributed by atoms with Crippen LogP contribution in [0, 0.1) is 5.92 Å². The summed E-state index contributed by atoms with van der Waals surface area (Å²) < 4.78 is 27.3. The average Bonchev–Trinajstić information content (AvgIpc) is 2.96. The lowest BCUT2D eigenvalue weighted by Crippen LogP contribution is -2.52. The number of aromatic hydroxyl groups is 1. The number of hydrogen-bond acceptors (Lipinski definition) is 8. The number of nitrogens with one attached hydrogen (secondary N) is 2. The quantitative estimate of drug-likeness (QED) is 0.205. The molecule has 0 saturated heterocycles. The highest BCUT2D eigenvalue weighted by molar-refractivity contribution is 7.89. The van der Waals surface area contributed by atoms with Crippen LogP contribution in [0.4, 0.5) is 0 Å². The van der Waals surface area contributed by atoms with Crippen molar-refractivity contribution < 1.29 is 33.0 Å². The van der Waals surface area contributed by atoms with Crippen molar-refractivity contribution in [2.24, 2.45) is 5.92 Å². The predicted molar refractivity (Wildman–Crippen MR) is 168 cm³/mol. The van der Waals surface area contributed by atoms with Crippen LogP contribution in [0.3, 0.4) is 0 Å². The molecule has 0 bridgehead atoms. The van der Waals surface area contributed by atoms with Crippen LogP contribution < -0.4 is 10.7 Å². The summed E-state index contributed by atoms with van der Waals surface area (Å²) in [5.41, 5.74) is 3.39. The first-order chi connectivity index (χ1) is 20.6. The summed E-state index contributed by atoms with van der Waals surface area (Å²) in [6, 6.07) is 9.25. The number of aliphatic hydroxyl groups excluding tert-OH is 1. The van der Waals surface area contributed by atoms with Crippen LogP contribution in [0.25, 0.3) is 0 Å². The largest absolute Gasteiger partial charge is 0.508 e. The van der Waals surface area contributed by atoms with Gasteiger partial charge in [0.15, 0.2) is 0 Å². The van der Waals surface area contributed by atoms with Gasteiger partial charge in [0.25, 0.3) is 11.8 Å². The highest BCUT2D eigenvalue weighted by Crippen LogP contribution is 2.21. The third kappa shape index (κ3) is 10.3. The van der Waals surface area contributed by atoms with Gasteiger partial charge >= 0.3 is 0 Å². The molecule has 244 valence electrons. The fourth-order valence-corrected chi connectivity index (χ4v) is 5.42. The van der Waals surface area contributed by atoms with E-state index in [1.54, 1.807) is 37.9 Å². The summed E-state index contributed by atoms with van der Waals surface area (Å²) in [4.78, 5) is 40.8. The highest BCUT2D eigenvalue weighted by atomic mass is 32.2. The minimum Gasteiger partial charge on any atom is -0.508 e. The Morgan fingerprint density at radius 2 is 1.48 bits per heavy atom. The maximum atomic E-state index is 13.7. The molecule has 2 aromatic rings. The molecule has 2 aromatic carbocycles. The Labute approximate surface area is 261 Å². The Kier molecular flexibility index (Phi) is 13.8. The molecule has 0 aromatic heterocycles. The van der Waals surface area contributed by atoms with Gasteiger partial charge in [-0.25, -0.2) is 17.7 Å². The van der Waals surface area contributed by atoms with Gasteiger partial charge < -0.3 is 20.4 Å². The van der Waals surface area contributed by atoms with Crippen molar-refractivity contribution in [3.63, 3.8) is 0 Å². The Morgan fingerprint density at radius 1 is 0.909 bits per heavy atom. The summed E-state index contributed by atoms with van der Waals surface area (Å²) in [7, 11) is 0.311. The van der Waals surface area contributed by atoms with Crippen LogP contribution in [-0.4, -0.2) is 103 Å². The van der Waals surface area contributed by atoms with Crippen LogP contribution in [0.1, 0.15) is 66.8 Å². The second-order valence-corrected chi connectivity index (χ2v) is 13.5. The van der Waals surface area contributed by atoms with Gasteiger partial charge in [-0.1, -0.05) is 39.8 Å². The van der Waals surface area contributed by atoms with Gasteiger partial charge in [-0.05, 0) is 55.2 Å². The van der Waals surface area contributed by atoms with E-state index in [0.29, 0.717) is 31.5 Å². The minimum absolute atomic E-state index is 0.0384. The molecule has 44 heavy (non-hydrogen) atoms. The zero-order valence-electron chi connectivity index (χ0n) is 26.7. The summed E-state index contributed by atoms with van der Waals surface area (Å²) in [6.07, 6.45) is 0.390. The summed E-state index contributed by atoms with van der Waals surface area (Å²) in [5, 5.41) is 25.2. The predicted octanol–water partition coefficient (Wildman–Crippen LogP) is 2.23. The summed E-state index contributed by atoms with van der Waals surface area (Å²) >= 11 is 0. The molecule has 0 fully saturated rings. The number of phenols is 1. The zero-order valence-corrected chi connectivity index (χ0v) is 27.5. The molecular formula is C31H47N5O7S. The molecule has 12 nitrogen and oxygen atoms in total. The lowest BCUT2D eigenvalue weighted by atomic mass is 10.00. The zero-order chi connectivity index (χ0) is 33.2. The normalized spacial score (nSPS) is 13.2. The van der Waals surface area contributed by atoms with Gasteiger partial charge in [0.2, 0.25) is 15.9 Å². The van der Waals surface area contributed by atoms with Gasteiger partial charge in [0.1, 0.15) is 5.75 Å². The number of rotatable bonds is 16. The number of hydrazine groups is 1. The van der Waals surface area contributed by atoms with Crippen molar-refractivity contribution in [2.45, 2.75) is 64.0 Å². The van der Waals surface area contributed by atoms with Gasteiger partial charge in [0, 0.05) is 57.8 Å². The number of hydrogen-bond donors (Lipinski definition) is 4. The van der Waals surface area contributed by atoms with Gasteiger partial charge in [-0.3, -0.25) is 19.8 Å². The third-order valence-corrected chi connectivity index (χ3v) is 8.72. The first kappa shape index (κ1) is 36.7. The molecule has 13 heteroatoms. The van der Waals surface area contributed by atoms with Crippen molar-refractivity contribution in [2.75, 3.05) is 40.8 Å². The Balaban J connectivity index is 2.51. The first-order valence-electron chi connectivity index (χ1n) is 14.8. The molecule has 3 amide bonds. The molecular weight excluding hydrogens is 586 g/mol. The first-order valence-corrected chi connectivity index (χ1v) is 16.2. The minimum atomic E-state index is -4.01. The van der Waals surface area contributed by atoms with Crippen LogP contribution >= 0.6 is 0 Å². The molecule has 0 radical (unpaired) electrons. The van der Waals surface area contributed by atoms with E-state index in [4.69, 9.17) is 0 Å². The van der Waals surface area contributed by atoms with Crippen molar-refractivity contribution in [3.8, 4) is 5.75 Å². The van der Waals surface area contributed by atoms with Gasteiger partial charge in [-0.2, -0.15) is 0 Å². The van der Waals surface area contributed by atoms with Gasteiger partial charge in [0.05, 0.1) is 17.0 Å². The number of likely N-dealkylation sites (N-methyl/N-ethyl adjacent to an activating group) is 1. The van der Waals surface area contributed by atoms with E-state index in [-0.39, 0.29) is 52.5 Å². The molecule has 0 heterocycles. The topological polar surface area (TPSA) is 160 Å². The number of amides is 3. The molecule has 0 aliphatic heterocycles. The van der Waals surface area contributed by atoms with Crippen LogP contribution in [0.15, 0.2) is 47.4 Å². The average molecular weight is 634 g/mol. The van der Waals surface area contributed by atoms with Gasteiger partial charge in [-0.15, -0.1) is 0 Å². The maximum Gasteiger partial charge on any atom is 0.253 e. The standard InChI is InChI=1S/C31H47N5O7S/c1-8-14-36(15-9-2)31(41)24-17-23(18-26(19-24)44(42,43)34(5)6)30(40)32-27(16-22-10-12-25(37)13-11-22)28(38)20-35(7)33-29(39)21(3)4/h10-13,17-19,21,27-28,37-38H,8-9,14-16,20H2,1-7H3,(H,32,40)(H,33,39). The van der Waals surface area contributed by atoms with Crippen molar-refractivity contribution in [1.82, 2.24) is 25.0 Å². The summed E-state index contributed by atoms with van der Waals surface area (Å²) in [5.74, 6) is -1.54. The van der Waals surface area contributed by atoms with E-state index in [2.05, 4.69) is 10.7 Å². The molecule has 2 atom stereocenters. The summed E-state index contributed by atoms with van der Waals surface area (Å²) in [6.45, 7) is 8.26. The lowest BCUT2D eigenvalue weighted by Gasteiger charge is -2.29. The van der Waals surface area contributed by atoms with Crippen LogP contribution in [-0.2, 0) is 21.2 Å². The fraction of sp³-hybridized carbons (Fsp3) is 0.516. The Hall–Kier alpha value is -3.52. The molecule has 2 unspecified atom stereocenters. The van der Waals surface area contributed by atoms with E-state index in [1.807, 2.05) is 13.8 Å². The molecule has 0 aliphatic carbocycles. The van der Waals surface area contributed by atoms with Crippen molar-refractivity contribution in [3.05, 3.63) is 59.2 Å². The SMILES string of the molecule is CCCN(CCC)C(=O)c1cc(C(=O)NC(Cc2ccc(O)cc2)C(O)CN(C)NC(=O)C(C)C)cc(S(=O)(=O)N(C)C)c1. The van der Waals surface area contributed by atoms with E-state index in [9.17, 15) is 33.0 Å². The van der Waals surface area contributed by atoms with E-state index in [0.717, 1.165) is 4.31 Å². The van der Waals surface area contributed by atoms with Crippen LogP contribution in [0.5, 0.6) is 5.75 Å². The second-order valence-electron chi connectivity index (χ2n) is 11.4. The molecule has 0 aliphatic rings. The van der Waals surface area contributed by atoms with Crippen LogP contribution in [0.2, 0.25) is 0 Å². The maximum absolute atomic E-state index is 13.7. The van der Waals surface area contributed by atoms with E-state index < -0.39 is 28.1 Å². The number of phenolic OH excluding ortho intramolecular Hbond substituents is 1. The van der Waals surface area contributed by atoms with Crippen molar-refractivity contribution >= 4 is 27.7 Å². The number of aliphatic hydroxyl groups is 1. The smallest absolute Gasteiger partial charge is 0.253 e. The molecule has 0 spiro atoms. The Bertz CT molecular complexity index is 1370.